The van der Waals surface area contributed by atoms with Crippen molar-refractivity contribution >= 4 is 21.4 Å². The number of rotatable bonds is 8. The Kier molecular flexibility index (Phi) is 6.00. The number of benzene rings is 3. The normalized spacial score (nSPS) is 11.0. The van der Waals surface area contributed by atoms with Crippen molar-refractivity contribution in [2.24, 2.45) is 0 Å². The summed E-state index contributed by atoms with van der Waals surface area (Å²) in [5, 5.41) is 6.87. The van der Waals surface area contributed by atoms with Gasteiger partial charge in [-0.25, -0.2) is 4.39 Å². The number of hydrogen-bond acceptors (Lipinski definition) is 3. The van der Waals surface area contributed by atoms with Crippen LogP contribution in [0.25, 0.3) is 21.2 Å². The quantitative estimate of drug-likeness (QED) is 0.358. The highest BCUT2D eigenvalue weighted by molar-refractivity contribution is 7.17. The molecule has 4 rings (SSSR count). The topological polar surface area (TPSA) is 21.3 Å². The second-order valence-corrected chi connectivity index (χ2v) is 7.59. The highest BCUT2D eigenvalue weighted by Crippen LogP contribution is 2.34. The van der Waals surface area contributed by atoms with Crippen LogP contribution in [-0.2, 0) is 6.54 Å². The third kappa shape index (κ3) is 4.58. The van der Waals surface area contributed by atoms with Crippen LogP contribution in [0.5, 0.6) is 5.75 Å². The van der Waals surface area contributed by atoms with Crippen molar-refractivity contribution in [2.75, 3.05) is 13.2 Å². The molecule has 0 amide bonds. The lowest BCUT2D eigenvalue weighted by Gasteiger charge is -2.08. The summed E-state index contributed by atoms with van der Waals surface area (Å²) in [5.74, 6) is 0.692. The molecule has 142 valence electrons. The minimum absolute atomic E-state index is 0.199. The first kappa shape index (κ1) is 18.7. The monoisotopic (exact) mass is 391 g/mol. The second kappa shape index (κ2) is 9.00. The fraction of sp³-hybridized carbons (Fsp3) is 0.167. The van der Waals surface area contributed by atoms with Gasteiger partial charge in [-0.05, 0) is 59.8 Å². The molecule has 4 heteroatoms. The Morgan fingerprint density at radius 2 is 1.68 bits per heavy atom. The van der Waals surface area contributed by atoms with Crippen LogP contribution in [0.2, 0.25) is 0 Å². The third-order valence-corrected chi connectivity index (χ3v) is 5.62. The van der Waals surface area contributed by atoms with Gasteiger partial charge in [-0.2, -0.15) is 0 Å². The van der Waals surface area contributed by atoms with Crippen molar-refractivity contribution in [3.05, 3.63) is 89.6 Å². The average Bonchev–Trinajstić information content (AvgIpc) is 3.16. The molecule has 0 atom stereocenters. The summed E-state index contributed by atoms with van der Waals surface area (Å²) in [6, 6.07) is 23.4. The van der Waals surface area contributed by atoms with E-state index in [-0.39, 0.29) is 5.82 Å². The molecular weight excluding hydrogens is 369 g/mol. The Morgan fingerprint density at radius 3 is 2.50 bits per heavy atom. The summed E-state index contributed by atoms with van der Waals surface area (Å²) in [7, 11) is 0. The molecule has 1 aromatic heterocycles. The van der Waals surface area contributed by atoms with Gasteiger partial charge in [0.25, 0.3) is 0 Å². The molecule has 0 bridgehead atoms. The standard InChI is InChI=1S/C24H22FNOS/c25-20-10-6-18(7-11-20)16-26-14-3-15-27-21-12-8-19(9-13-21)23-17-28-24-5-2-1-4-22(23)24/h1-2,4-13,17,26H,3,14-16H2. The van der Waals surface area contributed by atoms with Gasteiger partial charge in [-0.15, -0.1) is 11.3 Å². The van der Waals surface area contributed by atoms with Gasteiger partial charge in [0.05, 0.1) is 6.61 Å². The van der Waals surface area contributed by atoms with Crippen molar-refractivity contribution in [1.29, 1.82) is 0 Å². The van der Waals surface area contributed by atoms with E-state index in [0.29, 0.717) is 6.61 Å². The van der Waals surface area contributed by atoms with Crippen molar-refractivity contribution in [3.63, 3.8) is 0 Å². The van der Waals surface area contributed by atoms with E-state index in [1.54, 1.807) is 23.5 Å². The summed E-state index contributed by atoms with van der Waals surface area (Å²) in [4.78, 5) is 0. The zero-order valence-electron chi connectivity index (χ0n) is 15.5. The lowest BCUT2D eigenvalue weighted by molar-refractivity contribution is 0.308. The second-order valence-electron chi connectivity index (χ2n) is 6.68. The van der Waals surface area contributed by atoms with Gasteiger partial charge in [0.1, 0.15) is 11.6 Å². The number of halogens is 1. The summed E-state index contributed by atoms with van der Waals surface area (Å²) >= 11 is 1.78. The minimum atomic E-state index is -0.199. The number of hydrogen-bond donors (Lipinski definition) is 1. The van der Waals surface area contributed by atoms with Crippen LogP contribution in [0.15, 0.2) is 78.2 Å². The molecule has 0 fully saturated rings. The molecule has 0 unspecified atom stereocenters. The van der Waals surface area contributed by atoms with Gasteiger partial charge in [0.2, 0.25) is 0 Å². The first-order valence-corrected chi connectivity index (χ1v) is 10.3. The summed E-state index contributed by atoms with van der Waals surface area (Å²) < 4.78 is 20.0. The number of ether oxygens (including phenoxy) is 1. The minimum Gasteiger partial charge on any atom is -0.494 e. The lowest BCUT2D eigenvalue weighted by Crippen LogP contribution is -2.17. The molecule has 2 nitrogen and oxygen atoms in total. The van der Waals surface area contributed by atoms with Crippen LogP contribution in [0.4, 0.5) is 4.39 Å². The molecule has 1 N–H and O–H groups in total. The Hall–Kier alpha value is -2.69. The maximum atomic E-state index is 12.9. The van der Waals surface area contributed by atoms with Gasteiger partial charge >= 0.3 is 0 Å². The van der Waals surface area contributed by atoms with Crippen LogP contribution in [0, 0.1) is 5.82 Å². The smallest absolute Gasteiger partial charge is 0.123 e. The number of thiophene rings is 1. The fourth-order valence-corrected chi connectivity index (χ4v) is 4.12. The van der Waals surface area contributed by atoms with E-state index in [9.17, 15) is 4.39 Å². The van der Waals surface area contributed by atoms with Gasteiger partial charge in [0.15, 0.2) is 0 Å². The van der Waals surface area contributed by atoms with E-state index in [1.165, 1.54) is 33.3 Å². The SMILES string of the molecule is Fc1ccc(CNCCCOc2ccc(-c3csc4ccccc34)cc2)cc1. The molecule has 0 saturated carbocycles. The molecule has 1 heterocycles. The Labute approximate surface area is 168 Å². The first-order chi connectivity index (χ1) is 13.8. The van der Waals surface area contributed by atoms with E-state index < -0.39 is 0 Å². The highest BCUT2D eigenvalue weighted by atomic mass is 32.1. The van der Waals surface area contributed by atoms with Crippen LogP contribution >= 0.6 is 11.3 Å². The van der Waals surface area contributed by atoms with Crippen molar-refractivity contribution in [1.82, 2.24) is 5.32 Å². The predicted molar refractivity (Wildman–Crippen MR) is 115 cm³/mol. The summed E-state index contributed by atoms with van der Waals surface area (Å²) in [6.07, 6.45) is 0.915. The van der Waals surface area contributed by atoms with Crippen molar-refractivity contribution in [3.8, 4) is 16.9 Å². The number of nitrogens with one attached hydrogen (secondary N) is 1. The van der Waals surface area contributed by atoms with E-state index in [0.717, 1.165) is 30.8 Å². The molecule has 0 aliphatic rings. The molecular formula is C24H22FNOS. The van der Waals surface area contributed by atoms with Crippen LogP contribution in [-0.4, -0.2) is 13.2 Å². The Bertz CT molecular complexity index is 1020. The zero-order chi connectivity index (χ0) is 19.2. The fourth-order valence-electron chi connectivity index (χ4n) is 3.15. The molecule has 4 aromatic rings. The van der Waals surface area contributed by atoms with E-state index in [4.69, 9.17) is 4.74 Å². The van der Waals surface area contributed by atoms with Gasteiger partial charge < -0.3 is 10.1 Å². The van der Waals surface area contributed by atoms with E-state index in [1.807, 2.05) is 12.1 Å². The van der Waals surface area contributed by atoms with Gasteiger partial charge in [-0.3, -0.25) is 0 Å². The van der Waals surface area contributed by atoms with Crippen LogP contribution < -0.4 is 10.1 Å². The van der Waals surface area contributed by atoms with Crippen molar-refractivity contribution < 1.29 is 9.13 Å². The van der Waals surface area contributed by atoms with Crippen LogP contribution in [0.3, 0.4) is 0 Å². The third-order valence-electron chi connectivity index (χ3n) is 4.66. The summed E-state index contributed by atoms with van der Waals surface area (Å²) in [6.45, 7) is 2.26. The Morgan fingerprint density at radius 1 is 0.893 bits per heavy atom. The molecule has 28 heavy (non-hydrogen) atoms. The lowest BCUT2D eigenvalue weighted by atomic mass is 10.0. The molecule has 0 radical (unpaired) electrons. The highest BCUT2D eigenvalue weighted by Gasteiger charge is 2.06. The van der Waals surface area contributed by atoms with E-state index in [2.05, 4.69) is 47.1 Å². The molecule has 3 aromatic carbocycles. The number of fused-ring (bicyclic) bond motifs is 1. The maximum Gasteiger partial charge on any atom is 0.123 e. The average molecular weight is 392 g/mol. The maximum absolute atomic E-state index is 12.9. The molecule has 0 aliphatic heterocycles. The molecule has 0 saturated heterocycles. The first-order valence-electron chi connectivity index (χ1n) is 9.44. The van der Waals surface area contributed by atoms with Gasteiger partial charge in [-0.1, -0.05) is 42.5 Å². The summed E-state index contributed by atoms with van der Waals surface area (Å²) in [5.41, 5.74) is 3.57. The van der Waals surface area contributed by atoms with Crippen molar-refractivity contribution in [2.45, 2.75) is 13.0 Å². The predicted octanol–water partition coefficient (Wildman–Crippen LogP) is 6.27. The van der Waals surface area contributed by atoms with Gasteiger partial charge in [0, 0.05) is 22.2 Å². The largest absolute Gasteiger partial charge is 0.494 e. The molecule has 0 aliphatic carbocycles. The van der Waals surface area contributed by atoms with Crippen LogP contribution in [0.1, 0.15) is 12.0 Å². The Balaban J connectivity index is 1.23. The van der Waals surface area contributed by atoms with E-state index >= 15 is 0 Å². The zero-order valence-corrected chi connectivity index (χ0v) is 16.3. The molecule has 0 spiro atoms.